The highest BCUT2D eigenvalue weighted by Gasteiger charge is 2.46. The van der Waals surface area contributed by atoms with Gasteiger partial charge in [-0.2, -0.15) is 0 Å². The highest BCUT2D eigenvalue weighted by atomic mass is 16.6. The number of hydrogen-bond donors (Lipinski definition) is 2. The summed E-state index contributed by atoms with van der Waals surface area (Å²) in [5, 5.41) is 32.7. The molecule has 0 spiro atoms. The van der Waals surface area contributed by atoms with Crippen molar-refractivity contribution in [2.75, 3.05) is 46.5 Å². The van der Waals surface area contributed by atoms with E-state index >= 15 is 0 Å². The Morgan fingerprint density at radius 3 is 2.44 bits per heavy atom. The van der Waals surface area contributed by atoms with Gasteiger partial charge in [0, 0.05) is 44.4 Å². The van der Waals surface area contributed by atoms with Gasteiger partial charge >= 0.3 is 0 Å². The Morgan fingerprint density at radius 1 is 1.14 bits per heavy atom. The first-order valence-electron chi connectivity index (χ1n) is 11.5. The van der Waals surface area contributed by atoms with Crippen molar-refractivity contribution in [1.82, 2.24) is 9.80 Å². The first kappa shape index (κ1) is 25.1. The van der Waals surface area contributed by atoms with Crippen molar-refractivity contribution >= 4 is 23.1 Å². The maximum atomic E-state index is 13.1. The molecule has 2 fully saturated rings. The number of nitro benzene ring substituents is 1. The van der Waals surface area contributed by atoms with Gasteiger partial charge in [-0.25, -0.2) is 0 Å². The monoisotopic (exact) mass is 497 g/mol. The Labute approximate surface area is 207 Å². The number of carbonyl (C=O) groups excluding carboxylic acids is 2. The molecule has 190 valence electrons. The average molecular weight is 498 g/mol. The molecule has 0 bridgehead atoms. The van der Waals surface area contributed by atoms with Gasteiger partial charge in [0.2, 0.25) is 0 Å². The number of phenolic OH excluding ortho intramolecular Hbond substituents is 1. The molecule has 2 aromatic rings. The lowest BCUT2D eigenvalue weighted by molar-refractivity contribution is -0.384. The molecule has 2 N–H and O–H groups in total. The van der Waals surface area contributed by atoms with Gasteiger partial charge in [-0.1, -0.05) is 0 Å². The zero-order valence-electron chi connectivity index (χ0n) is 19.8. The second-order valence-corrected chi connectivity index (χ2v) is 8.53. The smallest absolute Gasteiger partial charge is 0.295 e. The molecule has 11 nitrogen and oxygen atoms in total. The van der Waals surface area contributed by atoms with E-state index < -0.39 is 28.4 Å². The molecule has 0 saturated carbocycles. The molecule has 2 saturated heterocycles. The van der Waals surface area contributed by atoms with E-state index in [-0.39, 0.29) is 29.1 Å². The van der Waals surface area contributed by atoms with Crippen molar-refractivity contribution in [3.63, 3.8) is 0 Å². The molecule has 0 aromatic heterocycles. The number of nitrogens with zero attached hydrogens (tertiary/aromatic N) is 3. The first-order valence-corrected chi connectivity index (χ1v) is 11.5. The number of morpholine rings is 1. The number of likely N-dealkylation sites (tertiary alicyclic amines) is 1. The Morgan fingerprint density at radius 2 is 1.83 bits per heavy atom. The number of benzene rings is 2. The van der Waals surface area contributed by atoms with Crippen LogP contribution >= 0.6 is 0 Å². The minimum atomic E-state index is -0.975. The molecule has 36 heavy (non-hydrogen) atoms. The van der Waals surface area contributed by atoms with Crippen molar-refractivity contribution in [3.8, 4) is 11.5 Å². The maximum Gasteiger partial charge on any atom is 0.295 e. The summed E-state index contributed by atoms with van der Waals surface area (Å²) < 4.78 is 10.4. The summed E-state index contributed by atoms with van der Waals surface area (Å²) in [5.74, 6) is -2.19. The van der Waals surface area contributed by atoms with E-state index in [9.17, 15) is 29.9 Å². The molecule has 1 amide bonds. The number of aromatic hydroxyl groups is 1. The number of ether oxygens (including phenoxy) is 2. The number of non-ortho nitro benzene ring substituents is 1. The van der Waals surface area contributed by atoms with Crippen LogP contribution in [0.1, 0.15) is 23.6 Å². The van der Waals surface area contributed by atoms with Crippen LogP contribution in [-0.2, 0) is 14.3 Å². The molecule has 0 unspecified atom stereocenters. The van der Waals surface area contributed by atoms with Crippen molar-refractivity contribution in [3.05, 3.63) is 69.3 Å². The normalized spacial score (nSPS) is 20.0. The van der Waals surface area contributed by atoms with Gasteiger partial charge < -0.3 is 24.6 Å². The van der Waals surface area contributed by atoms with Crippen LogP contribution in [0.2, 0.25) is 0 Å². The van der Waals surface area contributed by atoms with E-state index in [1.807, 2.05) is 0 Å². The Hall–Kier alpha value is -3.96. The lowest BCUT2D eigenvalue weighted by atomic mass is 9.94. The van der Waals surface area contributed by atoms with Gasteiger partial charge in [-0.05, 0) is 36.2 Å². The number of nitro groups is 1. The van der Waals surface area contributed by atoms with Gasteiger partial charge in [0.25, 0.3) is 17.4 Å². The first-order chi connectivity index (χ1) is 17.3. The van der Waals surface area contributed by atoms with E-state index in [0.29, 0.717) is 37.5 Å². The van der Waals surface area contributed by atoms with Crippen LogP contribution in [0.25, 0.3) is 5.76 Å². The molecule has 2 aliphatic heterocycles. The van der Waals surface area contributed by atoms with E-state index in [1.54, 1.807) is 0 Å². The van der Waals surface area contributed by atoms with Crippen LogP contribution in [0.15, 0.2) is 48.0 Å². The number of aliphatic hydroxyl groups is 1. The summed E-state index contributed by atoms with van der Waals surface area (Å²) in [7, 11) is 1.42. The minimum absolute atomic E-state index is 0.0333. The molecule has 2 heterocycles. The lowest BCUT2D eigenvalue weighted by Crippen LogP contribution is -2.38. The van der Waals surface area contributed by atoms with Crippen LogP contribution in [0.5, 0.6) is 11.5 Å². The second-order valence-electron chi connectivity index (χ2n) is 8.53. The van der Waals surface area contributed by atoms with Crippen molar-refractivity contribution in [2.45, 2.75) is 12.5 Å². The largest absolute Gasteiger partial charge is 0.507 e. The van der Waals surface area contributed by atoms with Crippen LogP contribution in [0.3, 0.4) is 0 Å². The van der Waals surface area contributed by atoms with E-state index in [2.05, 4.69) is 4.90 Å². The fraction of sp³-hybridized carbons (Fsp3) is 0.360. The predicted octanol–water partition coefficient (Wildman–Crippen LogP) is 2.45. The van der Waals surface area contributed by atoms with Crippen molar-refractivity contribution in [2.24, 2.45) is 0 Å². The molecule has 2 aliphatic rings. The van der Waals surface area contributed by atoms with Gasteiger partial charge in [0.15, 0.2) is 0 Å². The summed E-state index contributed by atoms with van der Waals surface area (Å²) in [6.07, 6.45) is 0.574. The molecular weight excluding hydrogens is 470 g/mol. The molecule has 4 rings (SSSR count). The number of phenols is 1. The highest BCUT2D eigenvalue weighted by molar-refractivity contribution is 6.46. The quantitative estimate of drug-likeness (QED) is 0.185. The summed E-state index contributed by atoms with van der Waals surface area (Å²) in [5.41, 5.74) is 0.0614. The number of aliphatic hydroxyl groups excluding tert-OH is 1. The highest BCUT2D eigenvalue weighted by Crippen LogP contribution is 2.41. The molecule has 11 heteroatoms. The third-order valence-electron chi connectivity index (χ3n) is 6.40. The zero-order valence-corrected chi connectivity index (χ0v) is 19.8. The summed E-state index contributed by atoms with van der Waals surface area (Å²) >= 11 is 0. The standard InChI is InChI=1S/C25H27N3O8/c1-35-18-7-8-19(20(29)15-18)23(30)21-22(16-3-5-17(6-4-16)28(33)34)27(25(32)24(21)31)10-2-9-26-11-13-36-14-12-26/h3-8,15,22,29-30H,2,9-14H2,1H3/t22-/m0/s1. The van der Waals surface area contributed by atoms with E-state index in [1.165, 1.54) is 54.5 Å². The number of rotatable bonds is 8. The fourth-order valence-electron chi connectivity index (χ4n) is 4.51. The van der Waals surface area contributed by atoms with Gasteiger partial charge in [0.05, 0.1) is 42.4 Å². The predicted molar refractivity (Wildman–Crippen MR) is 129 cm³/mol. The number of carbonyl (C=O) groups is 2. The molecular formula is C25H27N3O8. The summed E-state index contributed by atoms with van der Waals surface area (Å²) in [6, 6.07) is 8.71. The Kier molecular flexibility index (Phi) is 7.51. The topological polar surface area (TPSA) is 143 Å². The zero-order chi connectivity index (χ0) is 25.8. The third kappa shape index (κ3) is 5.02. The van der Waals surface area contributed by atoms with Gasteiger partial charge in [-0.15, -0.1) is 0 Å². The van der Waals surface area contributed by atoms with Crippen LogP contribution in [0, 0.1) is 10.1 Å². The van der Waals surface area contributed by atoms with Gasteiger partial charge in [-0.3, -0.25) is 24.6 Å². The van der Waals surface area contributed by atoms with E-state index in [4.69, 9.17) is 9.47 Å². The molecule has 0 aliphatic carbocycles. The number of methoxy groups -OCH3 is 1. The number of amides is 1. The second kappa shape index (κ2) is 10.8. The molecule has 2 aromatic carbocycles. The molecule has 0 radical (unpaired) electrons. The number of ketones is 1. The number of hydrogen-bond acceptors (Lipinski definition) is 9. The molecule has 1 atom stereocenters. The van der Waals surface area contributed by atoms with Crippen LogP contribution < -0.4 is 4.74 Å². The van der Waals surface area contributed by atoms with E-state index in [0.717, 1.165) is 13.1 Å². The average Bonchev–Trinajstić information content (AvgIpc) is 3.14. The number of Topliss-reactive ketones (excluding diaryl/α,β-unsaturated/α-hetero) is 1. The van der Waals surface area contributed by atoms with Crippen LogP contribution in [0.4, 0.5) is 5.69 Å². The lowest BCUT2D eigenvalue weighted by Gasteiger charge is -2.29. The summed E-state index contributed by atoms with van der Waals surface area (Å²) in [6.45, 7) is 3.76. The maximum absolute atomic E-state index is 13.1. The fourth-order valence-corrected chi connectivity index (χ4v) is 4.51. The van der Waals surface area contributed by atoms with Gasteiger partial charge in [0.1, 0.15) is 17.3 Å². The van der Waals surface area contributed by atoms with Crippen LogP contribution in [-0.4, -0.2) is 83.1 Å². The SMILES string of the molecule is COc1ccc(C(O)=C2C(=O)C(=O)N(CCCN3CCOCC3)[C@H]2c2ccc([N+](=O)[O-])cc2)c(O)c1. The van der Waals surface area contributed by atoms with Crippen molar-refractivity contribution in [1.29, 1.82) is 0 Å². The third-order valence-corrected chi connectivity index (χ3v) is 6.40. The Bertz CT molecular complexity index is 1190. The summed E-state index contributed by atoms with van der Waals surface area (Å²) in [4.78, 5) is 40.4. The van der Waals surface area contributed by atoms with Crippen molar-refractivity contribution < 1.29 is 34.2 Å². The Balaban J connectivity index is 1.71. The minimum Gasteiger partial charge on any atom is -0.507 e.